The second-order valence-electron chi connectivity index (χ2n) is 5.02. The number of nitriles is 1. The fourth-order valence-electron chi connectivity index (χ4n) is 2.63. The van der Waals surface area contributed by atoms with Gasteiger partial charge < -0.3 is 5.32 Å². The van der Waals surface area contributed by atoms with E-state index in [0.29, 0.717) is 0 Å². The predicted octanol–water partition coefficient (Wildman–Crippen LogP) is 4.27. The molecule has 0 aliphatic carbocycles. The second kappa shape index (κ2) is 5.60. The fraction of sp³-hybridized carbons (Fsp3) is 0.235. The van der Waals surface area contributed by atoms with Crippen molar-refractivity contribution < 1.29 is 0 Å². The lowest BCUT2D eigenvalue weighted by atomic mass is 10.0. The van der Waals surface area contributed by atoms with Gasteiger partial charge >= 0.3 is 0 Å². The molecule has 0 saturated heterocycles. The molecule has 1 aliphatic heterocycles. The summed E-state index contributed by atoms with van der Waals surface area (Å²) in [5, 5.41) is 12.9. The molecule has 100 valence electrons. The fourth-order valence-corrected chi connectivity index (χ4v) is 3.72. The monoisotopic (exact) mass is 280 g/mol. The van der Waals surface area contributed by atoms with Gasteiger partial charge in [-0.2, -0.15) is 17.0 Å². The maximum Gasteiger partial charge on any atom is 0.102 e. The van der Waals surface area contributed by atoms with Gasteiger partial charge in [0.15, 0.2) is 0 Å². The Balaban J connectivity index is 1.94. The molecule has 20 heavy (non-hydrogen) atoms. The van der Waals surface area contributed by atoms with Gasteiger partial charge in [-0.15, -0.1) is 0 Å². The van der Waals surface area contributed by atoms with Gasteiger partial charge in [0.25, 0.3) is 0 Å². The number of nitrogens with zero attached hydrogens (tertiary/aromatic N) is 1. The van der Waals surface area contributed by atoms with Crippen LogP contribution in [0.4, 0.5) is 5.69 Å². The van der Waals surface area contributed by atoms with Crippen molar-refractivity contribution in [2.75, 3.05) is 11.1 Å². The average Bonchev–Trinajstić information content (AvgIpc) is 2.48. The third-order valence-corrected chi connectivity index (χ3v) is 4.77. The summed E-state index contributed by atoms with van der Waals surface area (Å²) >= 11 is 1.94. The highest BCUT2D eigenvalue weighted by atomic mass is 32.2. The number of anilines is 1. The zero-order chi connectivity index (χ0) is 13.9. The Labute approximate surface area is 123 Å². The third kappa shape index (κ3) is 2.39. The molecule has 1 aliphatic rings. The molecule has 1 unspecified atom stereocenters. The first-order chi connectivity index (χ1) is 9.79. The number of benzene rings is 2. The maximum atomic E-state index is 9.33. The number of aryl methyl sites for hydroxylation is 1. The highest BCUT2D eigenvalue weighted by molar-refractivity contribution is 7.98. The molecule has 2 aromatic rings. The highest BCUT2D eigenvalue weighted by Gasteiger charge is 2.20. The zero-order valence-electron chi connectivity index (χ0n) is 11.4. The molecule has 0 fully saturated rings. The van der Waals surface area contributed by atoms with Crippen molar-refractivity contribution in [1.29, 1.82) is 5.26 Å². The molecular formula is C17H16N2S. The van der Waals surface area contributed by atoms with Crippen molar-refractivity contribution in [1.82, 2.24) is 0 Å². The minimum Gasteiger partial charge on any atom is -0.376 e. The lowest BCUT2D eigenvalue weighted by Crippen LogP contribution is -2.19. The predicted molar refractivity (Wildman–Crippen MR) is 84.9 cm³/mol. The van der Waals surface area contributed by atoms with E-state index in [-0.39, 0.29) is 6.04 Å². The minimum absolute atomic E-state index is 0.277. The summed E-state index contributed by atoms with van der Waals surface area (Å²) in [4.78, 5) is 0. The van der Waals surface area contributed by atoms with E-state index in [4.69, 9.17) is 0 Å². The second-order valence-corrected chi connectivity index (χ2v) is 6.05. The van der Waals surface area contributed by atoms with Crippen molar-refractivity contribution in [3.8, 4) is 6.07 Å². The van der Waals surface area contributed by atoms with E-state index in [1.165, 1.54) is 11.1 Å². The van der Waals surface area contributed by atoms with Crippen LogP contribution in [0.15, 0.2) is 42.5 Å². The number of fused-ring (bicyclic) bond motifs is 1. The van der Waals surface area contributed by atoms with E-state index >= 15 is 0 Å². The van der Waals surface area contributed by atoms with Gasteiger partial charge in [-0.1, -0.05) is 36.4 Å². The van der Waals surface area contributed by atoms with Gasteiger partial charge in [0.2, 0.25) is 0 Å². The molecule has 3 rings (SSSR count). The lowest BCUT2D eigenvalue weighted by Gasteiger charge is -2.27. The van der Waals surface area contributed by atoms with E-state index in [0.717, 1.165) is 28.3 Å². The van der Waals surface area contributed by atoms with Gasteiger partial charge in [-0.25, -0.2) is 0 Å². The normalized spacial score (nSPS) is 17.1. The molecule has 0 amide bonds. The molecule has 0 radical (unpaired) electrons. The van der Waals surface area contributed by atoms with Crippen LogP contribution in [0.1, 0.15) is 28.3 Å². The summed E-state index contributed by atoms with van der Waals surface area (Å²) in [6, 6.07) is 17.1. The molecule has 1 atom stereocenters. The van der Waals surface area contributed by atoms with E-state index in [2.05, 4.69) is 35.7 Å². The lowest BCUT2D eigenvalue weighted by molar-refractivity contribution is 0.870. The summed E-state index contributed by atoms with van der Waals surface area (Å²) in [5.74, 6) is 2.11. The van der Waals surface area contributed by atoms with Crippen LogP contribution in [-0.2, 0) is 5.75 Å². The molecule has 2 aromatic carbocycles. The molecule has 1 N–H and O–H groups in total. The quantitative estimate of drug-likeness (QED) is 0.892. The van der Waals surface area contributed by atoms with Crippen molar-refractivity contribution in [3.63, 3.8) is 0 Å². The van der Waals surface area contributed by atoms with Gasteiger partial charge in [0, 0.05) is 11.5 Å². The SMILES string of the molecule is Cc1cccc(NC2CSCc3ccccc32)c1C#N. The van der Waals surface area contributed by atoms with E-state index in [1.807, 2.05) is 36.9 Å². The van der Waals surface area contributed by atoms with Crippen LogP contribution >= 0.6 is 11.8 Å². The van der Waals surface area contributed by atoms with Crippen LogP contribution < -0.4 is 5.32 Å². The maximum absolute atomic E-state index is 9.33. The zero-order valence-corrected chi connectivity index (χ0v) is 12.2. The smallest absolute Gasteiger partial charge is 0.102 e. The van der Waals surface area contributed by atoms with Crippen molar-refractivity contribution in [2.24, 2.45) is 0 Å². The van der Waals surface area contributed by atoms with E-state index in [9.17, 15) is 5.26 Å². The van der Waals surface area contributed by atoms with Crippen LogP contribution in [0, 0.1) is 18.3 Å². The van der Waals surface area contributed by atoms with Crippen molar-refractivity contribution in [2.45, 2.75) is 18.7 Å². The summed E-state index contributed by atoms with van der Waals surface area (Å²) in [7, 11) is 0. The van der Waals surface area contributed by atoms with Gasteiger partial charge in [0.1, 0.15) is 6.07 Å². The number of thioether (sulfide) groups is 1. The number of hydrogen-bond donors (Lipinski definition) is 1. The van der Waals surface area contributed by atoms with E-state index < -0.39 is 0 Å². The van der Waals surface area contributed by atoms with Gasteiger partial charge in [-0.3, -0.25) is 0 Å². The van der Waals surface area contributed by atoms with Gasteiger partial charge in [0.05, 0.1) is 17.3 Å². The summed E-state index contributed by atoms with van der Waals surface area (Å²) < 4.78 is 0. The van der Waals surface area contributed by atoms with Crippen LogP contribution in [0.25, 0.3) is 0 Å². The molecule has 2 nitrogen and oxygen atoms in total. The molecule has 0 spiro atoms. The summed E-state index contributed by atoms with van der Waals surface area (Å²) in [5.41, 5.74) is 5.47. The molecule has 0 aromatic heterocycles. The summed E-state index contributed by atoms with van der Waals surface area (Å²) in [6.45, 7) is 1.98. The number of rotatable bonds is 2. The summed E-state index contributed by atoms with van der Waals surface area (Å²) in [6.07, 6.45) is 0. The Bertz CT molecular complexity index is 673. The Kier molecular flexibility index (Phi) is 3.66. The minimum atomic E-state index is 0.277. The largest absolute Gasteiger partial charge is 0.376 e. The molecule has 0 saturated carbocycles. The number of nitrogens with one attached hydrogen (secondary N) is 1. The molecule has 3 heteroatoms. The Morgan fingerprint density at radius 1 is 1.20 bits per heavy atom. The Morgan fingerprint density at radius 2 is 2.05 bits per heavy atom. The Morgan fingerprint density at radius 3 is 2.90 bits per heavy atom. The van der Waals surface area contributed by atoms with Crippen LogP contribution in [0.5, 0.6) is 0 Å². The molecule has 0 bridgehead atoms. The first-order valence-electron chi connectivity index (χ1n) is 6.71. The van der Waals surface area contributed by atoms with Crippen LogP contribution in [0.3, 0.4) is 0 Å². The Hall–Kier alpha value is -1.92. The van der Waals surface area contributed by atoms with Crippen molar-refractivity contribution in [3.05, 3.63) is 64.7 Å². The standard InChI is InChI=1S/C17H16N2S/c1-12-5-4-8-16(15(12)9-18)19-17-11-20-10-13-6-2-3-7-14(13)17/h2-8,17,19H,10-11H2,1H3. The third-order valence-electron chi connectivity index (χ3n) is 3.69. The first-order valence-corrected chi connectivity index (χ1v) is 7.87. The first kappa shape index (κ1) is 13.1. The molecular weight excluding hydrogens is 264 g/mol. The van der Waals surface area contributed by atoms with Crippen LogP contribution in [-0.4, -0.2) is 5.75 Å². The van der Waals surface area contributed by atoms with E-state index in [1.54, 1.807) is 0 Å². The topological polar surface area (TPSA) is 35.8 Å². The van der Waals surface area contributed by atoms with Crippen LogP contribution in [0.2, 0.25) is 0 Å². The highest BCUT2D eigenvalue weighted by Crippen LogP contribution is 2.34. The van der Waals surface area contributed by atoms with Crippen molar-refractivity contribution >= 4 is 17.4 Å². The molecule has 1 heterocycles. The number of hydrogen-bond acceptors (Lipinski definition) is 3. The average molecular weight is 280 g/mol. The van der Waals surface area contributed by atoms with Gasteiger partial charge in [-0.05, 0) is 29.7 Å².